The van der Waals surface area contributed by atoms with Gasteiger partial charge in [-0.25, -0.2) is 4.79 Å². The highest BCUT2D eigenvalue weighted by Crippen LogP contribution is 2.43. The lowest BCUT2D eigenvalue weighted by Gasteiger charge is -2.29. The van der Waals surface area contributed by atoms with E-state index in [9.17, 15) is 19.2 Å². The molecule has 0 aromatic heterocycles. The number of amides is 4. The maximum atomic E-state index is 14.3. The third-order valence-electron chi connectivity index (χ3n) is 7.06. The van der Waals surface area contributed by atoms with E-state index in [2.05, 4.69) is 16.0 Å². The van der Waals surface area contributed by atoms with E-state index in [4.69, 9.17) is 0 Å². The Kier molecular flexibility index (Phi) is 7.65. The number of carbonyl (C=O) groups is 4. The molecule has 3 N–H and O–H groups in total. The lowest BCUT2D eigenvalue weighted by Crippen LogP contribution is -2.56. The molecule has 8 heteroatoms. The van der Waals surface area contributed by atoms with Crippen molar-refractivity contribution in [3.8, 4) is 0 Å². The van der Waals surface area contributed by atoms with Gasteiger partial charge in [0, 0.05) is 22.5 Å². The lowest BCUT2D eigenvalue weighted by atomic mass is 9.87. The molecule has 41 heavy (non-hydrogen) atoms. The van der Waals surface area contributed by atoms with Crippen molar-refractivity contribution in [2.45, 2.75) is 25.8 Å². The number of carbonyl (C=O) groups excluding carboxylic acids is 4. The zero-order chi connectivity index (χ0) is 29.0. The highest BCUT2D eigenvalue weighted by atomic mass is 16.2. The normalized spacial score (nSPS) is 15.7. The highest BCUT2D eigenvalue weighted by molar-refractivity contribution is 6.16. The minimum atomic E-state index is -1.75. The summed E-state index contributed by atoms with van der Waals surface area (Å²) in [5, 5.41) is 8.41. The van der Waals surface area contributed by atoms with Crippen LogP contribution in [-0.4, -0.2) is 30.2 Å². The molecule has 4 aromatic carbocycles. The average Bonchev–Trinajstić information content (AvgIpc) is 3.18. The number of hydrogen-bond donors (Lipinski definition) is 3. The number of hydrogen-bond acceptors (Lipinski definition) is 4. The number of ketones is 1. The first-order valence-corrected chi connectivity index (χ1v) is 13.3. The quantitative estimate of drug-likeness (QED) is 0.251. The smallest absolute Gasteiger partial charge is 0.320 e. The first-order valence-electron chi connectivity index (χ1n) is 13.3. The molecule has 4 amide bonds. The van der Waals surface area contributed by atoms with Crippen molar-refractivity contribution in [1.82, 2.24) is 5.32 Å². The number of benzene rings is 4. The molecule has 0 saturated heterocycles. The topological polar surface area (TPSA) is 108 Å². The Morgan fingerprint density at radius 3 is 1.90 bits per heavy atom. The van der Waals surface area contributed by atoms with Crippen LogP contribution in [0.1, 0.15) is 33.5 Å². The molecule has 0 aliphatic carbocycles. The predicted molar refractivity (Wildman–Crippen MR) is 159 cm³/mol. The summed E-state index contributed by atoms with van der Waals surface area (Å²) in [4.78, 5) is 55.6. The molecule has 5 rings (SSSR count). The van der Waals surface area contributed by atoms with Crippen LogP contribution in [0.4, 0.5) is 21.9 Å². The summed E-state index contributed by atoms with van der Waals surface area (Å²) in [7, 11) is 0. The number of urea groups is 1. The van der Waals surface area contributed by atoms with Crippen LogP contribution in [0.5, 0.6) is 0 Å². The van der Waals surface area contributed by atoms with E-state index < -0.39 is 23.4 Å². The summed E-state index contributed by atoms with van der Waals surface area (Å²) in [6.45, 7) is 3.63. The van der Waals surface area contributed by atoms with E-state index in [1.807, 2.05) is 38.1 Å². The molecule has 4 aromatic rings. The van der Waals surface area contributed by atoms with Crippen LogP contribution >= 0.6 is 0 Å². The SMILES string of the molecule is Cc1ccc(NC(=O)C[C@@]2(NC(=O)Nc3ccc(C)cc3)C(=O)N(CC(=O)c3ccccc3)c3ccccc32)cc1. The minimum Gasteiger partial charge on any atom is -0.326 e. The first-order chi connectivity index (χ1) is 19.7. The number of para-hydroxylation sites is 1. The Bertz CT molecular complexity index is 1540. The van der Waals surface area contributed by atoms with Crippen molar-refractivity contribution in [3.05, 3.63) is 125 Å². The number of anilines is 3. The van der Waals surface area contributed by atoms with Gasteiger partial charge < -0.3 is 20.9 Å². The molecule has 1 atom stereocenters. The Morgan fingerprint density at radius 1 is 0.707 bits per heavy atom. The van der Waals surface area contributed by atoms with Crippen molar-refractivity contribution < 1.29 is 19.2 Å². The van der Waals surface area contributed by atoms with Crippen molar-refractivity contribution in [1.29, 1.82) is 0 Å². The highest BCUT2D eigenvalue weighted by Gasteiger charge is 2.53. The van der Waals surface area contributed by atoms with Crippen molar-refractivity contribution in [2.75, 3.05) is 22.1 Å². The molecule has 0 radical (unpaired) electrons. The molecule has 0 unspecified atom stereocenters. The Labute approximate surface area is 238 Å². The van der Waals surface area contributed by atoms with Crippen molar-refractivity contribution in [2.24, 2.45) is 0 Å². The van der Waals surface area contributed by atoms with Gasteiger partial charge in [-0.15, -0.1) is 0 Å². The Balaban J connectivity index is 1.49. The molecule has 8 nitrogen and oxygen atoms in total. The molecule has 0 bridgehead atoms. The number of Topliss-reactive ketones (excluding diaryl/α,β-unsaturated/α-hetero) is 1. The van der Waals surface area contributed by atoms with Gasteiger partial charge in [0.05, 0.1) is 18.7 Å². The van der Waals surface area contributed by atoms with Crippen LogP contribution < -0.4 is 20.9 Å². The Morgan fingerprint density at radius 2 is 1.27 bits per heavy atom. The number of nitrogens with one attached hydrogen (secondary N) is 3. The van der Waals surface area contributed by atoms with E-state index in [1.54, 1.807) is 78.9 Å². The monoisotopic (exact) mass is 546 g/mol. The lowest BCUT2D eigenvalue weighted by molar-refractivity contribution is -0.128. The van der Waals surface area contributed by atoms with Gasteiger partial charge in [0.25, 0.3) is 5.91 Å². The van der Waals surface area contributed by atoms with Crippen LogP contribution in [0.15, 0.2) is 103 Å². The number of nitrogens with zero attached hydrogens (tertiary/aromatic N) is 1. The second-order valence-electron chi connectivity index (χ2n) is 10.1. The third-order valence-corrected chi connectivity index (χ3v) is 7.06. The van der Waals surface area contributed by atoms with Gasteiger partial charge in [-0.3, -0.25) is 14.4 Å². The summed E-state index contributed by atoms with van der Waals surface area (Å²) >= 11 is 0. The van der Waals surface area contributed by atoms with E-state index in [-0.39, 0.29) is 18.7 Å². The number of rotatable bonds is 8. The largest absolute Gasteiger partial charge is 0.326 e. The molecule has 1 aliphatic heterocycles. The van der Waals surface area contributed by atoms with Gasteiger partial charge in [0.2, 0.25) is 5.91 Å². The maximum absolute atomic E-state index is 14.3. The van der Waals surface area contributed by atoms with Crippen molar-refractivity contribution in [3.63, 3.8) is 0 Å². The molecule has 0 fully saturated rings. The molecule has 0 saturated carbocycles. The van der Waals surface area contributed by atoms with E-state index in [0.717, 1.165) is 11.1 Å². The fraction of sp³-hybridized carbons (Fsp3) is 0.152. The molecular weight excluding hydrogens is 516 g/mol. The zero-order valence-corrected chi connectivity index (χ0v) is 22.8. The second kappa shape index (κ2) is 11.5. The summed E-state index contributed by atoms with van der Waals surface area (Å²) in [5.41, 5.74) is 2.75. The van der Waals surface area contributed by atoms with E-state index >= 15 is 0 Å². The number of aryl methyl sites for hydroxylation is 2. The third kappa shape index (κ3) is 5.86. The van der Waals surface area contributed by atoms with Crippen LogP contribution in [0.3, 0.4) is 0 Å². The average molecular weight is 547 g/mol. The first kappa shape index (κ1) is 27.3. The van der Waals surface area contributed by atoms with Gasteiger partial charge >= 0.3 is 6.03 Å². The minimum absolute atomic E-state index is 0.248. The van der Waals surface area contributed by atoms with Gasteiger partial charge in [0.1, 0.15) is 0 Å². The molecule has 206 valence electrons. The summed E-state index contributed by atoms with van der Waals surface area (Å²) in [5.74, 6) is -1.30. The molecule has 0 spiro atoms. The number of fused-ring (bicyclic) bond motifs is 1. The standard InChI is InChI=1S/C33H30N4O4/c1-22-12-16-25(17-13-22)34-30(39)20-33(36-32(41)35-26-18-14-23(2)15-19-26)27-10-6-7-11-28(27)37(31(33)40)21-29(38)24-8-4-3-5-9-24/h3-19H,20-21H2,1-2H3,(H,34,39)(H2,35,36,41)/t33-/m0/s1. The molecular formula is C33H30N4O4. The van der Waals surface area contributed by atoms with Gasteiger partial charge in [0.15, 0.2) is 11.3 Å². The van der Waals surface area contributed by atoms with Crippen LogP contribution in [-0.2, 0) is 15.1 Å². The van der Waals surface area contributed by atoms with Crippen LogP contribution in [0.25, 0.3) is 0 Å². The van der Waals surface area contributed by atoms with E-state index in [0.29, 0.717) is 28.2 Å². The van der Waals surface area contributed by atoms with Crippen LogP contribution in [0, 0.1) is 13.8 Å². The fourth-order valence-corrected chi connectivity index (χ4v) is 4.95. The fourth-order valence-electron chi connectivity index (χ4n) is 4.95. The molecule has 1 heterocycles. The summed E-state index contributed by atoms with van der Waals surface area (Å²) in [6, 6.07) is 29.4. The molecule has 1 aliphatic rings. The van der Waals surface area contributed by atoms with Crippen LogP contribution in [0.2, 0.25) is 0 Å². The summed E-state index contributed by atoms with van der Waals surface area (Å²) < 4.78 is 0. The van der Waals surface area contributed by atoms with Crippen molar-refractivity contribution >= 4 is 40.7 Å². The Hall–Kier alpha value is -5.24. The van der Waals surface area contributed by atoms with Gasteiger partial charge in [-0.05, 0) is 44.2 Å². The summed E-state index contributed by atoms with van der Waals surface area (Å²) in [6.07, 6.45) is -0.381. The second-order valence-corrected chi connectivity index (χ2v) is 10.1. The van der Waals surface area contributed by atoms with Gasteiger partial charge in [-0.1, -0.05) is 83.9 Å². The van der Waals surface area contributed by atoms with Gasteiger partial charge in [-0.2, -0.15) is 0 Å². The van der Waals surface area contributed by atoms with E-state index in [1.165, 1.54) is 4.90 Å². The maximum Gasteiger partial charge on any atom is 0.320 e. The predicted octanol–water partition coefficient (Wildman–Crippen LogP) is 5.58. The zero-order valence-electron chi connectivity index (χ0n) is 22.8.